The molecule has 1 saturated heterocycles. The minimum atomic E-state index is -0.696. The Morgan fingerprint density at radius 3 is 2.34 bits per heavy atom. The highest BCUT2D eigenvalue weighted by Gasteiger charge is 2.45. The quantitative estimate of drug-likeness (QED) is 0.689. The van der Waals surface area contributed by atoms with Crippen molar-refractivity contribution >= 4 is 24.1 Å². The number of halogens is 1. The van der Waals surface area contributed by atoms with Crippen molar-refractivity contribution in [2.45, 2.75) is 39.5 Å². The molecule has 0 aliphatic carbocycles. The zero-order valence-corrected chi connectivity index (χ0v) is 19.3. The summed E-state index contributed by atoms with van der Waals surface area (Å²) < 4.78 is 6.31. The molecule has 1 aliphatic rings. The van der Waals surface area contributed by atoms with Gasteiger partial charge in [-0.3, -0.25) is 9.69 Å². The molecule has 0 saturated carbocycles. The first-order valence-electron chi connectivity index (χ1n) is 10.4. The van der Waals surface area contributed by atoms with Crippen molar-refractivity contribution in [3.63, 3.8) is 0 Å². The SMILES string of the molecule is CC(C)(C)OC(=O)[N+]1([C]=O)CCN(Cc2ccn(Cc3ccc(Cl)cc3)c(=O)c2O)CC1. The Morgan fingerprint density at radius 1 is 1.16 bits per heavy atom. The lowest BCUT2D eigenvalue weighted by Crippen LogP contribution is -2.62. The van der Waals surface area contributed by atoms with E-state index in [2.05, 4.69) is 0 Å². The number of aromatic hydroxyl groups is 1. The third kappa shape index (κ3) is 5.56. The van der Waals surface area contributed by atoms with Gasteiger partial charge in [0.15, 0.2) is 5.75 Å². The second kappa shape index (κ2) is 9.44. The van der Waals surface area contributed by atoms with Gasteiger partial charge in [-0.2, -0.15) is 4.79 Å². The van der Waals surface area contributed by atoms with Crippen LogP contribution in [0, 0.1) is 0 Å². The smallest absolute Gasteiger partial charge is 0.503 e. The number of carbonyl (C=O) groups is 1. The summed E-state index contributed by atoms with van der Waals surface area (Å²) in [5.74, 6) is -0.304. The minimum absolute atomic E-state index is 0.215. The van der Waals surface area contributed by atoms with E-state index in [9.17, 15) is 19.5 Å². The molecule has 2 amide bonds. The molecule has 1 radical (unpaired) electrons. The Bertz CT molecular complexity index is 1040. The van der Waals surface area contributed by atoms with E-state index in [1.165, 1.54) is 4.57 Å². The number of nitrogens with zero attached hydrogens (tertiary/aromatic N) is 3. The first-order chi connectivity index (χ1) is 15.0. The lowest BCUT2D eigenvalue weighted by Gasteiger charge is -2.37. The zero-order valence-electron chi connectivity index (χ0n) is 18.5. The predicted molar refractivity (Wildman–Crippen MR) is 120 cm³/mol. The molecule has 32 heavy (non-hydrogen) atoms. The normalized spacial score (nSPS) is 16.5. The van der Waals surface area contributed by atoms with Crippen LogP contribution in [0.4, 0.5) is 4.79 Å². The minimum Gasteiger partial charge on any atom is -0.503 e. The van der Waals surface area contributed by atoms with Crippen LogP contribution in [0.1, 0.15) is 31.9 Å². The van der Waals surface area contributed by atoms with Crippen LogP contribution in [0.15, 0.2) is 41.3 Å². The molecule has 0 spiro atoms. The molecule has 1 fully saturated rings. The van der Waals surface area contributed by atoms with Gasteiger partial charge < -0.3 is 14.4 Å². The maximum Gasteiger partial charge on any atom is 0.524 e. The molecule has 1 aromatic heterocycles. The van der Waals surface area contributed by atoms with Crippen molar-refractivity contribution in [2.75, 3.05) is 26.2 Å². The van der Waals surface area contributed by atoms with Crippen molar-refractivity contribution < 1.29 is 23.9 Å². The Kier molecular flexibility index (Phi) is 7.07. The molecule has 1 aromatic carbocycles. The summed E-state index contributed by atoms with van der Waals surface area (Å²) in [6, 6.07) is 8.86. The van der Waals surface area contributed by atoms with Gasteiger partial charge in [-0.15, -0.1) is 4.48 Å². The lowest BCUT2D eigenvalue weighted by atomic mass is 10.1. The van der Waals surface area contributed by atoms with Crippen molar-refractivity contribution in [3.05, 3.63) is 63.0 Å². The molecule has 3 rings (SSSR count). The van der Waals surface area contributed by atoms with E-state index in [4.69, 9.17) is 16.3 Å². The molecular formula is C23H28ClN3O5+. The highest BCUT2D eigenvalue weighted by atomic mass is 35.5. The topological polar surface area (TPSA) is 88.8 Å². The number of amides is 2. The van der Waals surface area contributed by atoms with Crippen molar-refractivity contribution in [1.29, 1.82) is 0 Å². The van der Waals surface area contributed by atoms with Gasteiger partial charge in [0.05, 0.1) is 6.54 Å². The number of quaternary nitrogens is 1. The Morgan fingerprint density at radius 2 is 1.78 bits per heavy atom. The molecule has 171 valence electrons. The van der Waals surface area contributed by atoms with Gasteiger partial charge >= 0.3 is 12.5 Å². The van der Waals surface area contributed by atoms with Crippen LogP contribution in [0.5, 0.6) is 5.75 Å². The maximum atomic E-state index is 12.6. The van der Waals surface area contributed by atoms with Crippen LogP contribution >= 0.6 is 11.6 Å². The van der Waals surface area contributed by atoms with Crippen LogP contribution < -0.4 is 5.56 Å². The predicted octanol–water partition coefficient (Wildman–Crippen LogP) is 2.89. The van der Waals surface area contributed by atoms with Crippen LogP contribution in [0.25, 0.3) is 0 Å². The van der Waals surface area contributed by atoms with E-state index in [1.54, 1.807) is 45.2 Å². The van der Waals surface area contributed by atoms with Gasteiger partial charge in [0.2, 0.25) is 0 Å². The van der Waals surface area contributed by atoms with E-state index < -0.39 is 21.7 Å². The van der Waals surface area contributed by atoms with Crippen LogP contribution in [0.2, 0.25) is 5.02 Å². The first-order valence-corrected chi connectivity index (χ1v) is 10.8. The molecule has 0 unspecified atom stereocenters. The summed E-state index contributed by atoms with van der Waals surface area (Å²) in [6.07, 6.45) is 2.89. The number of aromatic nitrogens is 1. The average Bonchev–Trinajstić information content (AvgIpc) is 2.74. The van der Waals surface area contributed by atoms with Gasteiger partial charge in [-0.25, -0.2) is 4.79 Å². The van der Waals surface area contributed by atoms with E-state index in [-0.39, 0.29) is 18.8 Å². The number of hydrogen-bond acceptors (Lipinski definition) is 6. The van der Waals surface area contributed by atoms with E-state index >= 15 is 0 Å². The molecule has 2 aromatic rings. The number of carbonyl (C=O) groups excluding carboxylic acids is 2. The molecule has 8 nitrogen and oxygen atoms in total. The lowest BCUT2D eigenvalue weighted by molar-refractivity contribution is -0.772. The molecule has 1 N–H and O–H groups in total. The van der Waals surface area contributed by atoms with Crippen LogP contribution in [-0.4, -0.2) is 63.3 Å². The van der Waals surface area contributed by atoms with Gasteiger partial charge in [0, 0.05) is 36.4 Å². The molecule has 0 bridgehead atoms. The number of benzene rings is 1. The number of imide groups is 1. The third-order valence-electron chi connectivity index (χ3n) is 5.40. The van der Waals surface area contributed by atoms with Crippen LogP contribution in [0.3, 0.4) is 0 Å². The Balaban J connectivity index is 1.66. The number of piperazine rings is 1. The number of ether oxygens (including phenoxy) is 1. The molecular weight excluding hydrogens is 434 g/mol. The standard InChI is InChI=1S/C23H28ClN3O5/c1-23(2,3)32-22(31)27(16-28)12-10-25(11-13-27)15-18-8-9-26(21(30)20(18)29)14-17-4-6-19(24)7-5-17/h4-9,29H,10-15H2,1-3H3/q+1. The summed E-state index contributed by atoms with van der Waals surface area (Å²) in [5, 5.41) is 11.1. The Hall–Kier alpha value is -2.68. The monoisotopic (exact) mass is 461 g/mol. The molecule has 0 atom stereocenters. The van der Waals surface area contributed by atoms with Crippen molar-refractivity contribution in [1.82, 2.24) is 9.47 Å². The maximum absolute atomic E-state index is 12.6. The molecule has 9 heteroatoms. The van der Waals surface area contributed by atoms with Crippen molar-refractivity contribution in [2.24, 2.45) is 0 Å². The van der Waals surface area contributed by atoms with Crippen LogP contribution in [-0.2, 0) is 22.6 Å². The summed E-state index contributed by atoms with van der Waals surface area (Å²) >= 11 is 5.90. The fourth-order valence-corrected chi connectivity index (χ4v) is 3.67. The zero-order chi connectivity index (χ0) is 23.5. The second-order valence-electron chi connectivity index (χ2n) is 9.01. The second-order valence-corrected chi connectivity index (χ2v) is 9.45. The summed E-state index contributed by atoms with van der Waals surface area (Å²) in [4.78, 5) is 38.7. The summed E-state index contributed by atoms with van der Waals surface area (Å²) in [7, 11) is 0. The highest BCUT2D eigenvalue weighted by molar-refractivity contribution is 6.30. The first kappa shape index (κ1) is 24.0. The number of rotatable bonds is 5. The van der Waals surface area contributed by atoms with Gasteiger partial charge in [0.25, 0.3) is 5.56 Å². The van der Waals surface area contributed by atoms with Gasteiger partial charge in [-0.05, 0) is 44.5 Å². The summed E-state index contributed by atoms with van der Waals surface area (Å²) in [5.41, 5.74) is 0.211. The number of pyridine rings is 1. The molecule has 2 heterocycles. The summed E-state index contributed by atoms with van der Waals surface area (Å²) in [6.45, 7) is 7.17. The third-order valence-corrected chi connectivity index (χ3v) is 5.65. The Labute approximate surface area is 192 Å². The average molecular weight is 462 g/mol. The van der Waals surface area contributed by atoms with E-state index in [0.717, 1.165) is 5.56 Å². The molecule has 1 aliphatic heterocycles. The van der Waals surface area contributed by atoms with E-state index in [1.807, 2.05) is 23.4 Å². The largest absolute Gasteiger partial charge is 0.524 e. The van der Waals surface area contributed by atoms with Gasteiger partial charge in [-0.1, -0.05) is 23.7 Å². The highest BCUT2D eigenvalue weighted by Crippen LogP contribution is 2.21. The van der Waals surface area contributed by atoms with Gasteiger partial charge in [0.1, 0.15) is 18.7 Å². The van der Waals surface area contributed by atoms with Crippen molar-refractivity contribution in [3.8, 4) is 5.75 Å². The fraction of sp³-hybridized carbons (Fsp3) is 0.435. The fourth-order valence-electron chi connectivity index (χ4n) is 3.55. The van der Waals surface area contributed by atoms with E-state index in [0.29, 0.717) is 36.8 Å². The number of hydrogen-bond donors (Lipinski definition) is 1.